The highest BCUT2D eigenvalue weighted by molar-refractivity contribution is 6.10. The Hall–Kier alpha value is -3.92. The number of para-hydroxylation sites is 2. The molecule has 0 aliphatic heterocycles. The van der Waals surface area contributed by atoms with Crippen molar-refractivity contribution in [1.82, 2.24) is 0 Å². The maximum atomic E-state index is 12.7. The lowest BCUT2D eigenvalue weighted by Gasteiger charge is -2.12. The molecule has 0 aromatic heterocycles. The Morgan fingerprint density at radius 2 is 1.34 bits per heavy atom. The number of anilines is 2. The average molecular weight is 380 g/mol. The fraction of sp³-hybridized carbons (Fsp3) is 0.0400. The van der Waals surface area contributed by atoms with Crippen molar-refractivity contribution in [2.45, 2.75) is 6.42 Å². The minimum Gasteiger partial charge on any atom is -0.325 e. The van der Waals surface area contributed by atoms with Crippen molar-refractivity contribution in [1.29, 1.82) is 0 Å². The molecule has 4 aromatic rings. The van der Waals surface area contributed by atoms with Crippen LogP contribution in [0.1, 0.15) is 15.9 Å². The maximum absolute atomic E-state index is 12.7. The van der Waals surface area contributed by atoms with Gasteiger partial charge in [-0.1, -0.05) is 72.8 Å². The summed E-state index contributed by atoms with van der Waals surface area (Å²) >= 11 is 0. The zero-order valence-electron chi connectivity index (χ0n) is 15.8. The molecule has 2 amide bonds. The van der Waals surface area contributed by atoms with Crippen molar-refractivity contribution in [2.24, 2.45) is 0 Å². The SMILES string of the molecule is O=C(Cc1cccc2ccccc12)Nc1ccccc1C(=O)Nc1ccccc1. The molecule has 0 radical (unpaired) electrons. The molecule has 0 spiro atoms. The van der Waals surface area contributed by atoms with Gasteiger partial charge in [-0.25, -0.2) is 0 Å². The molecule has 0 saturated carbocycles. The summed E-state index contributed by atoms with van der Waals surface area (Å²) in [6, 6.07) is 30.2. The van der Waals surface area contributed by atoms with E-state index < -0.39 is 0 Å². The van der Waals surface area contributed by atoms with E-state index in [2.05, 4.69) is 10.6 Å². The van der Waals surface area contributed by atoms with E-state index in [4.69, 9.17) is 0 Å². The van der Waals surface area contributed by atoms with Crippen LogP contribution in [0, 0.1) is 0 Å². The summed E-state index contributed by atoms with van der Waals surface area (Å²) in [5.41, 5.74) is 2.56. The predicted octanol–water partition coefficient (Wildman–Crippen LogP) is 5.27. The van der Waals surface area contributed by atoms with Crippen LogP contribution in [-0.2, 0) is 11.2 Å². The summed E-state index contributed by atoms with van der Waals surface area (Å²) in [6.07, 6.45) is 0.232. The smallest absolute Gasteiger partial charge is 0.257 e. The second-order valence-corrected chi connectivity index (χ2v) is 6.73. The molecule has 0 unspecified atom stereocenters. The number of carbonyl (C=O) groups is 2. The van der Waals surface area contributed by atoms with Crippen molar-refractivity contribution in [3.63, 3.8) is 0 Å². The number of fused-ring (bicyclic) bond motifs is 1. The number of carbonyl (C=O) groups excluding carboxylic acids is 2. The van der Waals surface area contributed by atoms with Gasteiger partial charge in [-0.15, -0.1) is 0 Å². The molecule has 0 aliphatic rings. The Kier molecular flexibility index (Phi) is 5.34. The standard InChI is InChI=1S/C25H20N2O2/c28-24(17-19-11-8-10-18-9-4-5-14-21(18)19)27-23-16-7-6-15-22(23)25(29)26-20-12-2-1-3-13-20/h1-16H,17H2,(H,26,29)(H,27,28). The largest absolute Gasteiger partial charge is 0.325 e. The summed E-state index contributed by atoms with van der Waals surface area (Å²) < 4.78 is 0. The lowest BCUT2D eigenvalue weighted by Crippen LogP contribution is -2.19. The first-order chi connectivity index (χ1) is 14.2. The number of amides is 2. The summed E-state index contributed by atoms with van der Waals surface area (Å²) in [7, 11) is 0. The van der Waals surface area contributed by atoms with Gasteiger partial charge in [-0.05, 0) is 40.6 Å². The quantitative estimate of drug-likeness (QED) is 0.495. The van der Waals surface area contributed by atoms with Crippen LogP contribution in [0.2, 0.25) is 0 Å². The van der Waals surface area contributed by atoms with Crippen LogP contribution in [0.15, 0.2) is 97.1 Å². The van der Waals surface area contributed by atoms with Gasteiger partial charge in [0, 0.05) is 5.69 Å². The van der Waals surface area contributed by atoms with Gasteiger partial charge < -0.3 is 10.6 Å². The highest BCUT2D eigenvalue weighted by atomic mass is 16.2. The molecule has 29 heavy (non-hydrogen) atoms. The molecule has 0 aliphatic carbocycles. The molecular formula is C25H20N2O2. The summed E-state index contributed by atoms with van der Waals surface area (Å²) in [5.74, 6) is -0.432. The molecule has 0 atom stereocenters. The maximum Gasteiger partial charge on any atom is 0.257 e. The van der Waals surface area contributed by atoms with Crippen LogP contribution >= 0.6 is 0 Å². The van der Waals surface area contributed by atoms with Crippen molar-refractivity contribution >= 4 is 34.0 Å². The predicted molar refractivity (Wildman–Crippen MR) is 117 cm³/mol. The van der Waals surface area contributed by atoms with Crippen LogP contribution in [0.5, 0.6) is 0 Å². The third kappa shape index (κ3) is 4.33. The van der Waals surface area contributed by atoms with E-state index in [1.165, 1.54) is 0 Å². The number of benzene rings is 4. The lowest BCUT2D eigenvalue weighted by molar-refractivity contribution is -0.115. The first-order valence-electron chi connectivity index (χ1n) is 9.42. The molecule has 2 N–H and O–H groups in total. The lowest BCUT2D eigenvalue weighted by atomic mass is 10.0. The number of nitrogens with one attached hydrogen (secondary N) is 2. The van der Waals surface area contributed by atoms with E-state index in [9.17, 15) is 9.59 Å². The van der Waals surface area contributed by atoms with Crippen molar-refractivity contribution in [3.8, 4) is 0 Å². The number of hydrogen-bond donors (Lipinski definition) is 2. The Labute approximate surface area is 169 Å². The van der Waals surface area contributed by atoms with E-state index in [0.29, 0.717) is 16.9 Å². The average Bonchev–Trinajstić information content (AvgIpc) is 2.75. The van der Waals surface area contributed by atoms with Gasteiger partial charge in [0.05, 0.1) is 17.7 Å². The topological polar surface area (TPSA) is 58.2 Å². The molecular weight excluding hydrogens is 360 g/mol. The highest BCUT2D eigenvalue weighted by Crippen LogP contribution is 2.21. The third-order valence-corrected chi connectivity index (χ3v) is 4.71. The van der Waals surface area contributed by atoms with Crippen LogP contribution in [-0.4, -0.2) is 11.8 Å². The van der Waals surface area contributed by atoms with E-state index in [1.54, 1.807) is 24.3 Å². The summed E-state index contributed by atoms with van der Waals surface area (Å²) in [6.45, 7) is 0. The van der Waals surface area contributed by atoms with Gasteiger partial charge in [0.1, 0.15) is 0 Å². The second-order valence-electron chi connectivity index (χ2n) is 6.73. The van der Waals surface area contributed by atoms with Crippen LogP contribution < -0.4 is 10.6 Å². The molecule has 0 saturated heterocycles. The molecule has 4 nitrogen and oxygen atoms in total. The Balaban J connectivity index is 1.52. The van der Waals surface area contributed by atoms with Gasteiger partial charge in [0.2, 0.25) is 5.91 Å². The van der Waals surface area contributed by atoms with Crippen LogP contribution in [0.25, 0.3) is 10.8 Å². The van der Waals surface area contributed by atoms with E-state index in [-0.39, 0.29) is 18.2 Å². The number of hydrogen-bond acceptors (Lipinski definition) is 2. The van der Waals surface area contributed by atoms with Gasteiger partial charge in [-0.3, -0.25) is 9.59 Å². The van der Waals surface area contributed by atoms with Crippen molar-refractivity contribution in [3.05, 3.63) is 108 Å². The van der Waals surface area contributed by atoms with Gasteiger partial charge in [-0.2, -0.15) is 0 Å². The summed E-state index contributed by atoms with van der Waals surface area (Å²) in [5, 5.41) is 7.90. The molecule has 142 valence electrons. The minimum absolute atomic E-state index is 0.165. The van der Waals surface area contributed by atoms with Gasteiger partial charge in [0.25, 0.3) is 5.91 Å². The Morgan fingerprint density at radius 1 is 0.655 bits per heavy atom. The van der Waals surface area contributed by atoms with Crippen LogP contribution in [0.3, 0.4) is 0 Å². The fourth-order valence-corrected chi connectivity index (χ4v) is 3.32. The molecule has 0 bridgehead atoms. The Morgan fingerprint density at radius 3 is 2.21 bits per heavy atom. The molecule has 4 aromatic carbocycles. The highest BCUT2D eigenvalue weighted by Gasteiger charge is 2.14. The van der Waals surface area contributed by atoms with Crippen molar-refractivity contribution < 1.29 is 9.59 Å². The minimum atomic E-state index is -0.266. The zero-order valence-corrected chi connectivity index (χ0v) is 15.8. The van der Waals surface area contributed by atoms with Gasteiger partial charge >= 0.3 is 0 Å². The third-order valence-electron chi connectivity index (χ3n) is 4.71. The molecule has 4 heteroatoms. The zero-order chi connectivity index (χ0) is 20.1. The molecule has 0 heterocycles. The Bertz CT molecular complexity index is 1160. The van der Waals surface area contributed by atoms with Crippen molar-refractivity contribution in [2.75, 3.05) is 10.6 Å². The van der Waals surface area contributed by atoms with E-state index in [0.717, 1.165) is 16.3 Å². The van der Waals surface area contributed by atoms with E-state index in [1.807, 2.05) is 72.8 Å². The fourth-order valence-electron chi connectivity index (χ4n) is 3.32. The monoisotopic (exact) mass is 380 g/mol. The van der Waals surface area contributed by atoms with Crippen LogP contribution in [0.4, 0.5) is 11.4 Å². The molecule has 4 rings (SSSR count). The molecule has 0 fully saturated rings. The van der Waals surface area contributed by atoms with Gasteiger partial charge in [0.15, 0.2) is 0 Å². The first kappa shape index (κ1) is 18.4. The van der Waals surface area contributed by atoms with E-state index >= 15 is 0 Å². The first-order valence-corrected chi connectivity index (χ1v) is 9.42. The second kappa shape index (κ2) is 8.40. The summed E-state index contributed by atoms with van der Waals surface area (Å²) in [4.78, 5) is 25.4. The normalized spacial score (nSPS) is 10.5. The number of rotatable bonds is 5.